The molecule has 0 aliphatic heterocycles. The van der Waals surface area contributed by atoms with Crippen LogP contribution in [-0.4, -0.2) is 46.8 Å². The van der Waals surface area contributed by atoms with E-state index in [1.165, 1.54) is 29.2 Å². The van der Waals surface area contributed by atoms with Gasteiger partial charge in [0.25, 0.3) is 5.91 Å². The lowest BCUT2D eigenvalue weighted by Gasteiger charge is -2.23. The second-order valence-corrected chi connectivity index (χ2v) is 8.06. The van der Waals surface area contributed by atoms with Gasteiger partial charge in [-0.2, -0.15) is 0 Å². The molecule has 1 aromatic carbocycles. The number of halogens is 1. The first-order chi connectivity index (χ1) is 14.6. The molecular weight excluding hydrogens is 399 g/mol. The Morgan fingerprint density at radius 1 is 1.19 bits per heavy atom. The van der Waals surface area contributed by atoms with Gasteiger partial charge in [-0.3, -0.25) is 9.59 Å². The Balaban J connectivity index is 2.36. The van der Waals surface area contributed by atoms with E-state index in [0.717, 1.165) is 0 Å². The zero-order valence-electron chi connectivity index (χ0n) is 19.1. The minimum absolute atomic E-state index is 0.157. The first-order valence-electron chi connectivity index (χ1n) is 10.5. The van der Waals surface area contributed by atoms with Crippen molar-refractivity contribution in [3.05, 3.63) is 58.2 Å². The summed E-state index contributed by atoms with van der Waals surface area (Å²) in [5.74, 6) is -1.33. The van der Waals surface area contributed by atoms with Crippen LogP contribution >= 0.6 is 0 Å². The van der Waals surface area contributed by atoms with Crippen LogP contribution in [-0.2, 0) is 11.8 Å². The molecule has 0 spiro atoms. The van der Waals surface area contributed by atoms with Crippen molar-refractivity contribution in [3.63, 3.8) is 0 Å². The number of amides is 1. The first-order valence-corrected chi connectivity index (χ1v) is 10.5. The third-order valence-corrected chi connectivity index (χ3v) is 5.35. The topological polar surface area (TPSA) is 68.6 Å². The summed E-state index contributed by atoms with van der Waals surface area (Å²) in [6.07, 6.45) is 0.704. The number of Topliss-reactive ketones (excluding diaryl/α,β-unsaturated/α-hetero) is 1. The SMILES string of the molecule is CCOC(=O)c1c(C)c(C(=O)CN(CCC(C)C)C(=O)c2cccc(F)c2)c(C)n1C. The smallest absolute Gasteiger partial charge is 0.355 e. The van der Waals surface area contributed by atoms with E-state index in [2.05, 4.69) is 0 Å². The fourth-order valence-corrected chi connectivity index (χ4v) is 3.60. The van der Waals surface area contributed by atoms with Crippen molar-refractivity contribution in [1.82, 2.24) is 9.47 Å². The van der Waals surface area contributed by atoms with Crippen LogP contribution in [0.15, 0.2) is 24.3 Å². The van der Waals surface area contributed by atoms with Crippen LogP contribution in [0.1, 0.15) is 69.7 Å². The summed E-state index contributed by atoms with van der Waals surface area (Å²) in [5, 5.41) is 0. The molecule has 0 aliphatic carbocycles. The Hall–Kier alpha value is -2.96. The van der Waals surface area contributed by atoms with Crippen LogP contribution in [0.4, 0.5) is 4.39 Å². The Morgan fingerprint density at radius 2 is 1.87 bits per heavy atom. The lowest BCUT2D eigenvalue weighted by atomic mass is 10.0. The van der Waals surface area contributed by atoms with Gasteiger partial charge in [0.05, 0.1) is 13.2 Å². The molecular formula is C24H31FN2O4. The van der Waals surface area contributed by atoms with Crippen LogP contribution < -0.4 is 0 Å². The normalized spacial score (nSPS) is 11.0. The van der Waals surface area contributed by atoms with Crippen LogP contribution in [0, 0.1) is 25.6 Å². The maximum atomic E-state index is 13.6. The van der Waals surface area contributed by atoms with Crippen molar-refractivity contribution in [3.8, 4) is 0 Å². The van der Waals surface area contributed by atoms with Crippen molar-refractivity contribution in [2.45, 2.75) is 41.0 Å². The highest BCUT2D eigenvalue weighted by molar-refractivity contribution is 6.06. The van der Waals surface area contributed by atoms with Crippen molar-refractivity contribution in [2.24, 2.45) is 13.0 Å². The zero-order chi connectivity index (χ0) is 23.3. The molecule has 0 saturated heterocycles. The number of aromatic nitrogens is 1. The molecule has 0 fully saturated rings. The Bertz CT molecular complexity index is 978. The minimum atomic E-state index is -0.505. The third-order valence-electron chi connectivity index (χ3n) is 5.35. The van der Waals surface area contributed by atoms with E-state index in [1.54, 1.807) is 32.4 Å². The lowest BCUT2D eigenvalue weighted by Crippen LogP contribution is -2.37. The Morgan fingerprint density at radius 3 is 2.45 bits per heavy atom. The average molecular weight is 431 g/mol. The van der Waals surface area contributed by atoms with Gasteiger partial charge in [-0.15, -0.1) is 0 Å². The Kier molecular flexibility index (Phi) is 8.14. The molecule has 0 atom stereocenters. The number of esters is 1. The standard InChI is InChI=1S/C24H31FN2O4/c1-7-31-24(30)22-16(4)21(17(5)26(22)6)20(28)14-27(12-11-15(2)3)23(29)18-9-8-10-19(25)13-18/h8-10,13,15H,7,11-12,14H2,1-6H3. The van der Waals surface area contributed by atoms with E-state index < -0.39 is 17.7 Å². The molecule has 0 N–H and O–H groups in total. The second kappa shape index (κ2) is 10.4. The van der Waals surface area contributed by atoms with E-state index in [9.17, 15) is 18.8 Å². The van der Waals surface area contributed by atoms with E-state index >= 15 is 0 Å². The molecule has 0 unspecified atom stereocenters. The quantitative estimate of drug-likeness (QED) is 0.439. The summed E-state index contributed by atoms with van der Waals surface area (Å²) in [4.78, 5) is 40.1. The largest absolute Gasteiger partial charge is 0.461 e. The highest BCUT2D eigenvalue weighted by Gasteiger charge is 2.28. The van der Waals surface area contributed by atoms with Gasteiger partial charge in [0, 0.05) is 30.4 Å². The van der Waals surface area contributed by atoms with Crippen molar-refractivity contribution >= 4 is 17.7 Å². The van der Waals surface area contributed by atoms with E-state index in [-0.39, 0.29) is 24.5 Å². The van der Waals surface area contributed by atoms with Gasteiger partial charge in [0.2, 0.25) is 0 Å². The molecule has 6 nitrogen and oxygen atoms in total. The van der Waals surface area contributed by atoms with Gasteiger partial charge in [-0.1, -0.05) is 19.9 Å². The molecule has 0 bridgehead atoms. The third kappa shape index (κ3) is 5.60. The summed E-state index contributed by atoms with van der Waals surface area (Å²) in [6.45, 7) is 9.70. The van der Waals surface area contributed by atoms with E-state index in [1.807, 2.05) is 13.8 Å². The number of rotatable bonds is 9. The van der Waals surface area contributed by atoms with Crippen LogP contribution in [0.25, 0.3) is 0 Å². The fraction of sp³-hybridized carbons (Fsp3) is 0.458. The van der Waals surface area contributed by atoms with Gasteiger partial charge in [0.15, 0.2) is 5.78 Å². The van der Waals surface area contributed by atoms with Gasteiger partial charge in [-0.05, 0) is 56.9 Å². The van der Waals surface area contributed by atoms with Crippen molar-refractivity contribution in [2.75, 3.05) is 19.7 Å². The number of hydrogen-bond donors (Lipinski definition) is 0. The molecule has 7 heteroatoms. The summed E-state index contributed by atoms with van der Waals surface area (Å²) in [7, 11) is 1.71. The predicted molar refractivity (Wildman–Crippen MR) is 117 cm³/mol. The highest BCUT2D eigenvalue weighted by Crippen LogP contribution is 2.23. The molecule has 0 aliphatic rings. The van der Waals surface area contributed by atoms with Crippen molar-refractivity contribution < 1.29 is 23.5 Å². The maximum absolute atomic E-state index is 13.6. The first kappa shape index (κ1) is 24.3. The van der Waals surface area contributed by atoms with E-state index in [4.69, 9.17) is 4.74 Å². The lowest BCUT2D eigenvalue weighted by molar-refractivity contribution is 0.0514. The average Bonchev–Trinajstić information content (AvgIpc) is 2.93. The van der Waals surface area contributed by atoms with Crippen molar-refractivity contribution in [1.29, 1.82) is 0 Å². The number of hydrogen-bond acceptors (Lipinski definition) is 4. The second-order valence-electron chi connectivity index (χ2n) is 8.06. The number of ether oxygens (including phenoxy) is 1. The molecule has 0 radical (unpaired) electrons. The monoisotopic (exact) mass is 430 g/mol. The number of ketones is 1. The summed E-state index contributed by atoms with van der Waals surface area (Å²) < 4.78 is 20.4. The fourth-order valence-electron chi connectivity index (χ4n) is 3.60. The molecule has 0 saturated carbocycles. The molecule has 1 aromatic heterocycles. The zero-order valence-corrected chi connectivity index (χ0v) is 19.1. The highest BCUT2D eigenvalue weighted by atomic mass is 19.1. The molecule has 31 heavy (non-hydrogen) atoms. The number of carbonyl (C=O) groups is 3. The molecule has 1 heterocycles. The number of benzene rings is 1. The molecule has 2 aromatic rings. The summed E-state index contributed by atoms with van der Waals surface area (Å²) >= 11 is 0. The van der Waals surface area contributed by atoms with Crippen LogP contribution in [0.2, 0.25) is 0 Å². The predicted octanol–water partition coefficient (Wildman–Crippen LogP) is 4.33. The summed E-state index contributed by atoms with van der Waals surface area (Å²) in [5.41, 5.74) is 2.10. The number of nitrogens with zero attached hydrogens (tertiary/aromatic N) is 2. The number of carbonyl (C=O) groups excluding carboxylic acids is 3. The maximum Gasteiger partial charge on any atom is 0.355 e. The molecule has 168 valence electrons. The molecule has 2 rings (SSSR count). The summed E-state index contributed by atoms with van der Waals surface area (Å²) in [6, 6.07) is 5.46. The van der Waals surface area contributed by atoms with Gasteiger partial charge < -0.3 is 14.2 Å². The Labute approximate surface area is 183 Å². The van der Waals surface area contributed by atoms with E-state index in [0.29, 0.717) is 41.4 Å². The van der Waals surface area contributed by atoms with Gasteiger partial charge in [0.1, 0.15) is 11.5 Å². The van der Waals surface area contributed by atoms with Crippen LogP contribution in [0.5, 0.6) is 0 Å². The van der Waals surface area contributed by atoms with Gasteiger partial charge in [-0.25, -0.2) is 9.18 Å². The van der Waals surface area contributed by atoms with Gasteiger partial charge >= 0.3 is 5.97 Å². The van der Waals surface area contributed by atoms with Crippen LogP contribution in [0.3, 0.4) is 0 Å². The molecule has 1 amide bonds. The minimum Gasteiger partial charge on any atom is -0.461 e.